The molecule has 1 unspecified atom stereocenters. The summed E-state index contributed by atoms with van der Waals surface area (Å²) >= 11 is 0. The van der Waals surface area contributed by atoms with Crippen LogP contribution in [0.15, 0.2) is 17.3 Å². The second-order valence-corrected chi connectivity index (χ2v) is 7.15. The summed E-state index contributed by atoms with van der Waals surface area (Å²) in [6.45, 7) is 4.35. The maximum atomic E-state index is 12.5. The monoisotopic (exact) mass is 302 g/mol. The topological polar surface area (TPSA) is 78.7 Å². The number of aliphatic hydroxyl groups excluding tert-OH is 1. The lowest BCUT2D eigenvalue weighted by Crippen LogP contribution is -2.51. The van der Waals surface area contributed by atoms with Gasteiger partial charge in [0.1, 0.15) is 4.90 Å². The quantitative estimate of drug-likeness (QED) is 0.800. The highest BCUT2D eigenvalue weighted by molar-refractivity contribution is 7.89. The molecule has 1 N–H and O–H groups in total. The maximum absolute atomic E-state index is 12.5. The van der Waals surface area contributed by atoms with E-state index >= 15 is 0 Å². The minimum atomic E-state index is -3.46. The smallest absolute Gasteiger partial charge is 0.246 e. The predicted molar refractivity (Wildman–Crippen MR) is 74.8 cm³/mol. The number of hydrogen-bond donors (Lipinski definition) is 1. The number of sulfonamides is 1. The Morgan fingerprint density at radius 1 is 1.45 bits per heavy atom. The van der Waals surface area contributed by atoms with Crippen molar-refractivity contribution in [1.82, 2.24) is 19.0 Å². The van der Waals surface area contributed by atoms with E-state index in [4.69, 9.17) is 5.11 Å². The average molecular weight is 302 g/mol. The summed E-state index contributed by atoms with van der Waals surface area (Å²) in [4.78, 5) is 2.38. The third kappa shape index (κ3) is 3.20. The lowest BCUT2D eigenvalue weighted by molar-refractivity contribution is 0.159. The van der Waals surface area contributed by atoms with Crippen molar-refractivity contribution in [2.24, 2.45) is 0 Å². The van der Waals surface area contributed by atoms with Gasteiger partial charge in [-0.25, -0.2) is 8.42 Å². The Labute approximate surface area is 119 Å². The first-order valence-corrected chi connectivity index (χ1v) is 8.23. The Morgan fingerprint density at radius 2 is 2.20 bits per heavy atom. The van der Waals surface area contributed by atoms with Gasteiger partial charge in [-0.15, -0.1) is 0 Å². The Hall–Kier alpha value is -0.960. The Balaban J connectivity index is 2.12. The van der Waals surface area contributed by atoms with Gasteiger partial charge in [0.15, 0.2) is 0 Å². The van der Waals surface area contributed by atoms with Crippen molar-refractivity contribution in [2.45, 2.75) is 30.8 Å². The van der Waals surface area contributed by atoms with E-state index in [1.807, 2.05) is 14.0 Å². The number of aromatic nitrogens is 2. The first kappa shape index (κ1) is 15.4. The molecule has 7 nitrogen and oxygen atoms in total. The van der Waals surface area contributed by atoms with E-state index < -0.39 is 10.0 Å². The largest absolute Gasteiger partial charge is 0.396 e. The lowest BCUT2D eigenvalue weighted by atomic mass is 10.2. The molecule has 0 spiro atoms. The normalized spacial score (nSPS) is 22.2. The number of nitrogens with zero attached hydrogens (tertiary/aromatic N) is 4. The molecular weight excluding hydrogens is 280 g/mol. The van der Waals surface area contributed by atoms with E-state index in [-0.39, 0.29) is 17.5 Å². The van der Waals surface area contributed by atoms with Gasteiger partial charge in [0.05, 0.1) is 6.20 Å². The van der Waals surface area contributed by atoms with Crippen molar-refractivity contribution in [3.63, 3.8) is 0 Å². The molecule has 0 amide bonds. The molecule has 0 saturated carbocycles. The van der Waals surface area contributed by atoms with Crippen molar-refractivity contribution >= 4 is 10.0 Å². The molecule has 0 aromatic carbocycles. The molecule has 1 atom stereocenters. The molecule has 114 valence electrons. The first-order valence-electron chi connectivity index (χ1n) is 6.79. The molecule has 1 aliphatic heterocycles. The van der Waals surface area contributed by atoms with Crippen LogP contribution >= 0.6 is 0 Å². The maximum Gasteiger partial charge on any atom is 0.246 e. The molecule has 1 aliphatic rings. The van der Waals surface area contributed by atoms with Crippen LogP contribution in [0.25, 0.3) is 0 Å². The van der Waals surface area contributed by atoms with Crippen LogP contribution in [-0.2, 0) is 16.6 Å². The number of aryl methyl sites for hydroxylation is 1. The summed E-state index contributed by atoms with van der Waals surface area (Å²) < 4.78 is 28.1. The van der Waals surface area contributed by atoms with E-state index in [1.54, 1.807) is 4.68 Å². The Bertz CT molecular complexity index is 543. The Morgan fingerprint density at radius 3 is 2.85 bits per heavy atom. The number of hydrogen-bond acceptors (Lipinski definition) is 5. The van der Waals surface area contributed by atoms with Gasteiger partial charge in [0, 0.05) is 45.0 Å². The third-order valence-corrected chi connectivity index (χ3v) is 5.53. The first-order chi connectivity index (χ1) is 9.45. The van der Waals surface area contributed by atoms with E-state index in [2.05, 4.69) is 10.00 Å². The fraction of sp³-hybridized carbons (Fsp3) is 0.750. The van der Waals surface area contributed by atoms with Crippen molar-refractivity contribution in [1.29, 1.82) is 0 Å². The van der Waals surface area contributed by atoms with Gasteiger partial charge in [-0.1, -0.05) is 0 Å². The molecule has 20 heavy (non-hydrogen) atoms. The zero-order chi connectivity index (χ0) is 14.8. The molecule has 8 heteroatoms. The number of rotatable bonds is 5. The lowest BCUT2D eigenvalue weighted by Gasteiger charge is -2.36. The molecule has 1 fully saturated rings. The van der Waals surface area contributed by atoms with Crippen molar-refractivity contribution in [3.8, 4) is 0 Å². The summed E-state index contributed by atoms with van der Waals surface area (Å²) in [6, 6.07) is 0.211. The van der Waals surface area contributed by atoms with Gasteiger partial charge >= 0.3 is 0 Å². The van der Waals surface area contributed by atoms with Crippen LogP contribution < -0.4 is 0 Å². The molecule has 1 saturated heterocycles. The highest BCUT2D eigenvalue weighted by Gasteiger charge is 2.31. The molecule has 1 aromatic heterocycles. The van der Waals surface area contributed by atoms with Crippen LogP contribution in [0.3, 0.4) is 0 Å². The van der Waals surface area contributed by atoms with Crippen LogP contribution in [-0.4, -0.2) is 71.8 Å². The van der Waals surface area contributed by atoms with Gasteiger partial charge in [-0.2, -0.15) is 9.40 Å². The molecule has 1 aromatic rings. The summed E-state index contributed by atoms with van der Waals surface area (Å²) in [5, 5.41) is 12.8. The molecule has 2 rings (SSSR count). The molecule has 0 aliphatic carbocycles. The highest BCUT2D eigenvalue weighted by Crippen LogP contribution is 2.18. The van der Waals surface area contributed by atoms with Crippen molar-refractivity contribution in [2.75, 3.05) is 33.3 Å². The highest BCUT2D eigenvalue weighted by atomic mass is 32.2. The summed E-state index contributed by atoms with van der Waals surface area (Å²) in [6.07, 6.45) is 3.48. The third-order valence-electron chi connectivity index (χ3n) is 3.72. The summed E-state index contributed by atoms with van der Waals surface area (Å²) in [5.41, 5.74) is 0. The fourth-order valence-electron chi connectivity index (χ4n) is 2.22. The van der Waals surface area contributed by atoms with Gasteiger partial charge in [-0.3, -0.25) is 4.68 Å². The van der Waals surface area contributed by atoms with Crippen LogP contribution in [0.4, 0.5) is 0 Å². The number of aliphatic hydroxyl groups is 1. The zero-order valence-corrected chi connectivity index (χ0v) is 12.8. The molecular formula is C12H22N4O3S. The fourth-order valence-corrected chi connectivity index (χ4v) is 3.68. The summed E-state index contributed by atoms with van der Waals surface area (Å²) in [5.74, 6) is 0. The van der Waals surface area contributed by atoms with Crippen LogP contribution in [0.2, 0.25) is 0 Å². The second kappa shape index (κ2) is 6.21. The van der Waals surface area contributed by atoms with Crippen LogP contribution in [0.1, 0.15) is 13.3 Å². The van der Waals surface area contributed by atoms with Gasteiger partial charge in [-0.05, 0) is 20.4 Å². The molecule has 0 bridgehead atoms. The van der Waals surface area contributed by atoms with E-state index in [0.717, 1.165) is 6.54 Å². The summed E-state index contributed by atoms with van der Waals surface area (Å²) in [7, 11) is -1.46. The van der Waals surface area contributed by atoms with Crippen LogP contribution in [0, 0.1) is 0 Å². The van der Waals surface area contributed by atoms with E-state index in [1.165, 1.54) is 16.7 Å². The number of likely N-dealkylation sites (N-methyl/N-ethyl adjacent to an activating group) is 1. The van der Waals surface area contributed by atoms with Gasteiger partial charge in [0.2, 0.25) is 10.0 Å². The average Bonchev–Trinajstić information content (AvgIpc) is 2.89. The molecule has 2 heterocycles. The Kier molecular flexibility index (Phi) is 4.79. The van der Waals surface area contributed by atoms with Gasteiger partial charge < -0.3 is 10.0 Å². The number of piperazine rings is 1. The van der Waals surface area contributed by atoms with Crippen molar-refractivity contribution in [3.05, 3.63) is 12.4 Å². The van der Waals surface area contributed by atoms with E-state index in [0.29, 0.717) is 26.1 Å². The van der Waals surface area contributed by atoms with Gasteiger partial charge in [0.25, 0.3) is 0 Å². The van der Waals surface area contributed by atoms with Crippen LogP contribution in [0.5, 0.6) is 0 Å². The second-order valence-electron chi connectivity index (χ2n) is 5.21. The minimum Gasteiger partial charge on any atom is -0.396 e. The van der Waals surface area contributed by atoms with E-state index in [9.17, 15) is 8.42 Å². The predicted octanol–water partition coefficient (Wildman–Crippen LogP) is -0.410. The standard InChI is InChI=1S/C12H22N4O3S/c1-11-9-16(6-5-14(11)2)20(18,19)12-8-13-15(10-12)4-3-7-17/h8,10-11,17H,3-7,9H2,1-2H3. The molecule has 0 radical (unpaired) electrons. The SMILES string of the molecule is CC1CN(S(=O)(=O)c2cnn(CCCO)c2)CCN1C. The zero-order valence-electron chi connectivity index (χ0n) is 11.9. The minimum absolute atomic E-state index is 0.0674. The van der Waals surface area contributed by atoms with Crippen molar-refractivity contribution < 1.29 is 13.5 Å².